The van der Waals surface area contributed by atoms with E-state index >= 15 is 0 Å². The Bertz CT molecular complexity index is 829. The molecule has 3 unspecified atom stereocenters. The van der Waals surface area contributed by atoms with E-state index in [9.17, 15) is 20.1 Å². The van der Waals surface area contributed by atoms with Crippen LogP contribution in [0.2, 0.25) is 0 Å². The number of unbranched alkanes of at least 4 members (excludes halogenated alkanes) is 36. The van der Waals surface area contributed by atoms with Gasteiger partial charge in [-0.15, -0.1) is 0 Å². The van der Waals surface area contributed by atoms with Gasteiger partial charge in [0.2, 0.25) is 5.91 Å². The van der Waals surface area contributed by atoms with E-state index in [1.807, 2.05) is 6.08 Å². The highest BCUT2D eigenvalue weighted by Gasteiger charge is 2.22. The predicted octanol–water partition coefficient (Wildman–Crippen LogP) is 14.9. The standard InChI is InChI=1S/C51H99NO4/c1-3-5-7-9-11-13-15-17-19-21-23-25-26-28-30-32-34-36-38-40-42-44-46-50(55)51(56)52-48(47-53)49(54)45-43-41-39-37-35-33-31-29-27-24-22-20-18-16-14-12-10-8-6-4-2/h35,37,43,45,48-50,53-55H,3-34,36,38-42,44,46-47H2,1-2H3,(H,52,56)/b37-35+,45-43+. The maximum absolute atomic E-state index is 12.5. The van der Waals surface area contributed by atoms with Crippen molar-refractivity contribution in [3.63, 3.8) is 0 Å². The molecule has 4 N–H and O–H groups in total. The van der Waals surface area contributed by atoms with E-state index in [4.69, 9.17) is 0 Å². The molecule has 0 aromatic carbocycles. The number of allylic oxidation sites excluding steroid dienone is 3. The second kappa shape index (κ2) is 46.5. The van der Waals surface area contributed by atoms with E-state index < -0.39 is 24.2 Å². The average molecular weight is 790 g/mol. The van der Waals surface area contributed by atoms with Gasteiger partial charge in [-0.1, -0.05) is 263 Å². The molecular formula is C51H99NO4. The largest absolute Gasteiger partial charge is 0.394 e. The van der Waals surface area contributed by atoms with Crippen LogP contribution >= 0.6 is 0 Å². The second-order valence-electron chi connectivity index (χ2n) is 17.4. The smallest absolute Gasteiger partial charge is 0.249 e. The fourth-order valence-corrected chi connectivity index (χ4v) is 7.85. The fourth-order valence-electron chi connectivity index (χ4n) is 7.85. The van der Waals surface area contributed by atoms with Crippen molar-refractivity contribution >= 4 is 5.91 Å². The Kier molecular flexibility index (Phi) is 45.5. The van der Waals surface area contributed by atoms with Crippen LogP contribution in [0.3, 0.4) is 0 Å². The molecular weight excluding hydrogens is 691 g/mol. The highest BCUT2D eigenvalue weighted by molar-refractivity contribution is 5.80. The van der Waals surface area contributed by atoms with Crippen molar-refractivity contribution in [2.24, 2.45) is 0 Å². The third-order valence-electron chi connectivity index (χ3n) is 11.8. The van der Waals surface area contributed by atoms with Crippen LogP contribution in [0.25, 0.3) is 0 Å². The van der Waals surface area contributed by atoms with Crippen molar-refractivity contribution in [3.05, 3.63) is 24.3 Å². The molecule has 0 saturated heterocycles. The van der Waals surface area contributed by atoms with Gasteiger partial charge in [-0.25, -0.2) is 0 Å². The number of hydrogen-bond donors (Lipinski definition) is 4. The van der Waals surface area contributed by atoms with Gasteiger partial charge in [-0.2, -0.15) is 0 Å². The van der Waals surface area contributed by atoms with Gasteiger partial charge in [-0.3, -0.25) is 4.79 Å². The molecule has 0 fully saturated rings. The van der Waals surface area contributed by atoms with Crippen molar-refractivity contribution in [1.29, 1.82) is 0 Å². The van der Waals surface area contributed by atoms with Crippen molar-refractivity contribution in [2.45, 2.75) is 289 Å². The summed E-state index contributed by atoms with van der Waals surface area (Å²) in [5.74, 6) is -0.508. The van der Waals surface area contributed by atoms with E-state index in [1.54, 1.807) is 6.08 Å². The highest BCUT2D eigenvalue weighted by atomic mass is 16.3. The van der Waals surface area contributed by atoms with Gasteiger partial charge < -0.3 is 20.6 Å². The van der Waals surface area contributed by atoms with Crippen LogP contribution in [-0.2, 0) is 4.79 Å². The molecule has 5 heteroatoms. The molecule has 0 heterocycles. The molecule has 5 nitrogen and oxygen atoms in total. The van der Waals surface area contributed by atoms with Gasteiger partial charge in [0.25, 0.3) is 0 Å². The van der Waals surface area contributed by atoms with Crippen LogP contribution in [0.1, 0.15) is 271 Å². The SMILES string of the molecule is CCCCCCCCCCCCCCCC/C=C/CC/C=C/C(O)C(CO)NC(=O)C(O)CCCCCCCCCCCCCCCCCCCCCCCC. The molecule has 0 rings (SSSR count). The Morgan fingerprint density at radius 1 is 0.429 bits per heavy atom. The molecule has 56 heavy (non-hydrogen) atoms. The first-order valence-corrected chi connectivity index (χ1v) is 25.2. The van der Waals surface area contributed by atoms with Gasteiger partial charge in [0.05, 0.1) is 18.8 Å². The van der Waals surface area contributed by atoms with Crippen molar-refractivity contribution in [1.82, 2.24) is 5.32 Å². The summed E-state index contributed by atoms with van der Waals surface area (Å²) in [7, 11) is 0. The quantitative estimate of drug-likeness (QED) is 0.0365. The van der Waals surface area contributed by atoms with Gasteiger partial charge >= 0.3 is 0 Å². The number of aliphatic hydroxyl groups excluding tert-OH is 3. The Morgan fingerprint density at radius 3 is 1.09 bits per heavy atom. The Morgan fingerprint density at radius 2 is 0.732 bits per heavy atom. The molecule has 0 aliphatic heterocycles. The molecule has 1 amide bonds. The number of amides is 1. The highest BCUT2D eigenvalue weighted by Crippen LogP contribution is 2.17. The number of carbonyl (C=O) groups is 1. The minimum Gasteiger partial charge on any atom is -0.394 e. The van der Waals surface area contributed by atoms with Crippen LogP contribution < -0.4 is 5.32 Å². The first kappa shape index (κ1) is 54.8. The predicted molar refractivity (Wildman–Crippen MR) is 245 cm³/mol. The lowest BCUT2D eigenvalue weighted by atomic mass is 10.0. The molecule has 0 bridgehead atoms. The molecule has 0 radical (unpaired) electrons. The number of aliphatic hydroxyl groups is 3. The molecule has 3 atom stereocenters. The van der Waals surface area contributed by atoms with Gasteiger partial charge in [0.15, 0.2) is 0 Å². The Hall–Kier alpha value is -1.17. The monoisotopic (exact) mass is 790 g/mol. The lowest BCUT2D eigenvalue weighted by molar-refractivity contribution is -0.131. The van der Waals surface area contributed by atoms with Crippen LogP contribution in [0.4, 0.5) is 0 Å². The normalized spacial score (nSPS) is 13.6. The average Bonchev–Trinajstić information content (AvgIpc) is 3.20. The number of hydrogen-bond acceptors (Lipinski definition) is 4. The maximum Gasteiger partial charge on any atom is 0.249 e. The van der Waals surface area contributed by atoms with Crippen LogP contribution in [-0.4, -0.2) is 46.1 Å². The van der Waals surface area contributed by atoms with E-state index in [0.717, 1.165) is 38.5 Å². The van der Waals surface area contributed by atoms with Crippen LogP contribution in [0.15, 0.2) is 24.3 Å². The summed E-state index contributed by atoms with van der Waals surface area (Å²) in [4.78, 5) is 12.5. The first-order chi connectivity index (χ1) is 27.6. The lowest BCUT2D eigenvalue weighted by Crippen LogP contribution is -2.48. The number of nitrogens with one attached hydrogen (secondary N) is 1. The zero-order valence-electron chi connectivity index (χ0n) is 37.8. The minimum atomic E-state index is -1.10. The first-order valence-electron chi connectivity index (χ1n) is 25.2. The Balaban J connectivity index is 3.63. The van der Waals surface area contributed by atoms with E-state index in [1.165, 1.54) is 212 Å². The summed E-state index contributed by atoms with van der Waals surface area (Å²) in [5.41, 5.74) is 0. The number of rotatable bonds is 46. The topological polar surface area (TPSA) is 89.8 Å². The van der Waals surface area contributed by atoms with Crippen molar-refractivity contribution in [3.8, 4) is 0 Å². The maximum atomic E-state index is 12.5. The summed E-state index contributed by atoms with van der Waals surface area (Å²) in [6, 6.07) is -0.811. The van der Waals surface area contributed by atoms with Crippen LogP contribution in [0, 0.1) is 0 Å². The molecule has 0 aromatic rings. The van der Waals surface area contributed by atoms with Crippen molar-refractivity contribution < 1.29 is 20.1 Å². The molecule has 0 aliphatic rings. The van der Waals surface area contributed by atoms with Gasteiger partial charge in [-0.05, 0) is 32.1 Å². The third kappa shape index (κ3) is 41.0. The van der Waals surface area contributed by atoms with E-state index in [-0.39, 0.29) is 6.61 Å². The summed E-state index contributed by atoms with van der Waals surface area (Å²) in [5, 5.41) is 33.2. The third-order valence-corrected chi connectivity index (χ3v) is 11.8. The zero-order valence-corrected chi connectivity index (χ0v) is 37.8. The minimum absolute atomic E-state index is 0.373. The van der Waals surface area contributed by atoms with Crippen LogP contribution in [0.5, 0.6) is 0 Å². The van der Waals surface area contributed by atoms with E-state index in [2.05, 4.69) is 31.3 Å². The molecule has 332 valence electrons. The summed E-state index contributed by atoms with van der Waals surface area (Å²) < 4.78 is 0. The lowest BCUT2D eigenvalue weighted by Gasteiger charge is -2.21. The molecule has 0 aliphatic carbocycles. The van der Waals surface area contributed by atoms with Crippen molar-refractivity contribution in [2.75, 3.05) is 6.61 Å². The fraction of sp³-hybridized carbons (Fsp3) is 0.902. The zero-order chi connectivity index (χ0) is 40.8. The summed E-state index contributed by atoms with van der Waals surface area (Å²) in [6.07, 6.45) is 58.0. The molecule has 0 aromatic heterocycles. The molecule has 0 saturated carbocycles. The number of carbonyl (C=O) groups excluding carboxylic acids is 1. The summed E-state index contributed by atoms with van der Waals surface area (Å²) >= 11 is 0. The Labute approximate surface area is 350 Å². The molecule has 0 spiro atoms. The van der Waals surface area contributed by atoms with Gasteiger partial charge in [0, 0.05) is 0 Å². The second-order valence-corrected chi connectivity index (χ2v) is 17.4. The van der Waals surface area contributed by atoms with Gasteiger partial charge in [0.1, 0.15) is 6.10 Å². The summed E-state index contributed by atoms with van der Waals surface area (Å²) in [6.45, 7) is 4.20. The van der Waals surface area contributed by atoms with E-state index in [0.29, 0.717) is 6.42 Å².